The molecule has 1 unspecified atom stereocenters. The number of morpholine rings is 1. The predicted molar refractivity (Wildman–Crippen MR) is 85.6 cm³/mol. The maximum atomic E-state index is 12.9. The summed E-state index contributed by atoms with van der Waals surface area (Å²) in [4.78, 5) is 17.7. The smallest absolute Gasteiger partial charge is 0.224 e. The topological polar surface area (TPSA) is 32.8 Å². The maximum Gasteiger partial charge on any atom is 0.224 e. The first-order chi connectivity index (χ1) is 10.8. The van der Waals surface area contributed by atoms with Gasteiger partial charge < -0.3 is 9.64 Å². The summed E-state index contributed by atoms with van der Waals surface area (Å²) in [6.45, 7) is 5.74. The van der Waals surface area contributed by atoms with Crippen molar-refractivity contribution >= 4 is 5.91 Å². The van der Waals surface area contributed by atoms with Gasteiger partial charge in [0.15, 0.2) is 0 Å². The molecule has 4 heteroatoms. The van der Waals surface area contributed by atoms with Crippen molar-refractivity contribution in [3.8, 4) is 0 Å². The number of piperidine rings is 1. The summed E-state index contributed by atoms with van der Waals surface area (Å²) in [7, 11) is 0. The molecule has 4 nitrogen and oxygen atoms in total. The zero-order valence-electron chi connectivity index (χ0n) is 13.8. The summed E-state index contributed by atoms with van der Waals surface area (Å²) in [6, 6.07) is 0. The molecular weight excluding hydrogens is 276 g/mol. The zero-order valence-corrected chi connectivity index (χ0v) is 13.8. The van der Waals surface area contributed by atoms with Gasteiger partial charge in [-0.05, 0) is 43.9 Å². The zero-order chi connectivity index (χ0) is 15.0. The Morgan fingerprint density at radius 3 is 2.18 bits per heavy atom. The van der Waals surface area contributed by atoms with Crippen molar-refractivity contribution in [2.75, 3.05) is 39.4 Å². The van der Waals surface area contributed by atoms with Gasteiger partial charge in [-0.3, -0.25) is 9.69 Å². The molecule has 3 atom stereocenters. The number of likely N-dealkylation sites (tertiary alicyclic amines) is 1. The molecule has 2 heterocycles. The van der Waals surface area contributed by atoms with E-state index in [1.165, 1.54) is 44.9 Å². The van der Waals surface area contributed by atoms with Crippen LogP contribution in [0.25, 0.3) is 0 Å². The third-order valence-corrected chi connectivity index (χ3v) is 6.68. The van der Waals surface area contributed by atoms with E-state index in [1.807, 2.05) is 0 Å². The molecule has 4 aliphatic rings. The molecule has 0 aromatic carbocycles. The average molecular weight is 306 g/mol. The van der Waals surface area contributed by atoms with Crippen LogP contribution >= 0.6 is 0 Å². The molecule has 22 heavy (non-hydrogen) atoms. The Morgan fingerprint density at radius 2 is 1.55 bits per heavy atom. The Kier molecular flexibility index (Phi) is 4.16. The Hall–Kier alpha value is -0.610. The second kappa shape index (κ2) is 6.12. The highest BCUT2D eigenvalue weighted by Gasteiger charge is 2.67. The van der Waals surface area contributed by atoms with E-state index in [1.54, 1.807) is 0 Å². The van der Waals surface area contributed by atoms with Gasteiger partial charge in [-0.1, -0.05) is 12.8 Å². The number of amides is 1. The van der Waals surface area contributed by atoms with E-state index in [2.05, 4.69) is 9.80 Å². The molecule has 1 amide bonds. The van der Waals surface area contributed by atoms with E-state index in [9.17, 15) is 4.79 Å². The van der Waals surface area contributed by atoms with Gasteiger partial charge in [0.05, 0.1) is 13.2 Å². The first kappa shape index (κ1) is 14.9. The number of ether oxygens (including phenoxy) is 1. The minimum atomic E-state index is 0.203. The second-order valence-electron chi connectivity index (χ2n) is 7.71. The van der Waals surface area contributed by atoms with Crippen LogP contribution in [0.4, 0.5) is 0 Å². The first-order valence-electron chi connectivity index (χ1n) is 9.43. The Morgan fingerprint density at radius 1 is 0.909 bits per heavy atom. The molecule has 0 radical (unpaired) electrons. The van der Waals surface area contributed by atoms with Crippen LogP contribution in [-0.2, 0) is 9.53 Å². The number of rotatable bonds is 3. The van der Waals surface area contributed by atoms with Gasteiger partial charge in [-0.15, -0.1) is 0 Å². The summed E-state index contributed by atoms with van der Waals surface area (Å²) in [5.41, 5.74) is 0.203. The second-order valence-corrected chi connectivity index (χ2v) is 7.71. The van der Waals surface area contributed by atoms with E-state index in [0.29, 0.717) is 5.91 Å². The molecule has 0 N–H and O–H groups in total. The highest BCUT2D eigenvalue weighted by molar-refractivity contribution is 5.78. The predicted octanol–water partition coefficient (Wildman–Crippen LogP) is 2.28. The van der Waals surface area contributed by atoms with Gasteiger partial charge >= 0.3 is 0 Å². The number of hydrogen-bond acceptors (Lipinski definition) is 3. The quantitative estimate of drug-likeness (QED) is 0.802. The number of fused-ring (bicyclic) bond motifs is 1. The van der Waals surface area contributed by atoms with E-state index >= 15 is 0 Å². The van der Waals surface area contributed by atoms with Crippen molar-refractivity contribution in [3.63, 3.8) is 0 Å². The fourth-order valence-electron chi connectivity index (χ4n) is 5.54. The van der Waals surface area contributed by atoms with Crippen molar-refractivity contribution in [1.82, 2.24) is 9.80 Å². The molecule has 0 aromatic heterocycles. The van der Waals surface area contributed by atoms with E-state index in [-0.39, 0.29) is 5.54 Å². The number of carbonyl (C=O) groups excluding carboxylic acids is 1. The normalized spacial score (nSPS) is 39.4. The van der Waals surface area contributed by atoms with Crippen LogP contribution in [-0.4, -0.2) is 60.6 Å². The molecule has 0 spiro atoms. The Bertz CT molecular complexity index is 401. The molecule has 2 saturated heterocycles. The Balaban J connectivity index is 1.49. The van der Waals surface area contributed by atoms with E-state index in [4.69, 9.17) is 4.74 Å². The summed E-state index contributed by atoms with van der Waals surface area (Å²) in [5.74, 6) is 2.00. The first-order valence-corrected chi connectivity index (χ1v) is 9.43. The van der Waals surface area contributed by atoms with Crippen LogP contribution in [0.15, 0.2) is 0 Å². The van der Waals surface area contributed by atoms with Crippen molar-refractivity contribution in [1.29, 1.82) is 0 Å². The van der Waals surface area contributed by atoms with Crippen molar-refractivity contribution < 1.29 is 9.53 Å². The van der Waals surface area contributed by atoms with Crippen LogP contribution < -0.4 is 0 Å². The van der Waals surface area contributed by atoms with Crippen LogP contribution in [0.5, 0.6) is 0 Å². The molecule has 4 fully saturated rings. The highest BCUT2D eigenvalue weighted by Crippen LogP contribution is 2.63. The van der Waals surface area contributed by atoms with Crippen LogP contribution in [0, 0.1) is 11.8 Å². The van der Waals surface area contributed by atoms with Gasteiger partial charge in [0, 0.05) is 38.1 Å². The summed E-state index contributed by atoms with van der Waals surface area (Å²) in [6.07, 6.45) is 9.89. The molecule has 2 saturated carbocycles. The average Bonchev–Trinajstić information content (AvgIpc) is 3.25. The summed E-state index contributed by atoms with van der Waals surface area (Å²) >= 11 is 0. The Labute approximate surface area is 134 Å². The monoisotopic (exact) mass is 306 g/mol. The lowest BCUT2D eigenvalue weighted by Crippen LogP contribution is -2.50. The molecule has 2 aliphatic heterocycles. The molecule has 0 aromatic rings. The fraction of sp³-hybridized carbons (Fsp3) is 0.944. The van der Waals surface area contributed by atoms with Gasteiger partial charge in [0.1, 0.15) is 0 Å². The maximum absolute atomic E-state index is 12.9. The van der Waals surface area contributed by atoms with Gasteiger partial charge in [0.25, 0.3) is 0 Å². The molecule has 2 aliphatic carbocycles. The molecule has 0 bridgehead atoms. The number of nitrogens with zero attached hydrogens (tertiary/aromatic N) is 2. The fourth-order valence-corrected chi connectivity index (χ4v) is 5.54. The van der Waals surface area contributed by atoms with E-state index in [0.717, 1.165) is 57.6 Å². The molecule has 124 valence electrons. The molecular formula is C18H30N2O2. The van der Waals surface area contributed by atoms with Crippen LogP contribution in [0.2, 0.25) is 0 Å². The lowest BCUT2D eigenvalue weighted by molar-refractivity contribution is -0.134. The molecule has 4 rings (SSSR count). The largest absolute Gasteiger partial charge is 0.379 e. The van der Waals surface area contributed by atoms with Crippen molar-refractivity contribution in [3.05, 3.63) is 0 Å². The van der Waals surface area contributed by atoms with Crippen molar-refractivity contribution in [2.45, 2.75) is 56.9 Å². The van der Waals surface area contributed by atoms with Crippen LogP contribution in [0.1, 0.15) is 51.4 Å². The highest BCUT2D eigenvalue weighted by atomic mass is 16.5. The minimum Gasteiger partial charge on any atom is -0.379 e. The standard InChI is InChI=1S/C18H30N2O2/c21-17(19-8-4-1-5-9-19)14-18(20-10-12-22-13-11-20)15-6-2-3-7-16(15)18/h15-16H,1-14H2/t15-,16+,18?. The lowest BCUT2D eigenvalue weighted by atomic mass is 10.0. The number of hydrogen-bond donors (Lipinski definition) is 0. The van der Waals surface area contributed by atoms with Gasteiger partial charge in [-0.2, -0.15) is 0 Å². The van der Waals surface area contributed by atoms with Crippen molar-refractivity contribution in [2.24, 2.45) is 11.8 Å². The minimum absolute atomic E-state index is 0.203. The van der Waals surface area contributed by atoms with Crippen LogP contribution in [0.3, 0.4) is 0 Å². The third kappa shape index (κ3) is 2.48. The summed E-state index contributed by atoms with van der Waals surface area (Å²) < 4.78 is 5.56. The SMILES string of the molecule is O=C(CC1(N2CCOCC2)[C@@H]2CCCC[C@@H]21)N1CCCCC1. The number of carbonyl (C=O) groups is 1. The third-order valence-electron chi connectivity index (χ3n) is 6.68. The van der Waals surface area contributed by atoms with E-state index < -0.39 is 0 Å². The lowest BCUT2D eigenvalue weighted by Gasteiger charge is -2.38. The van der Waals surface area contributed by atoms with Gasteiger partial charge in [-0.25, -0.2) is 0 Å². The summed E-state index contributed by atoms with van der Waals surface area (Å²) in [5, 5.41) is 0. The van der Waals surface area contributed by atoms with Gasteiger partial charge in [0.2, 0.25) is 5.91 Å².